The van der Waals surface area contributed by atoms with Crippen molar-refractivity contribution in [1.82, 2.24) is 4.90 Å². The zero-order valence-corrected chi connectivity index (χ0v) is 15.7. The van der Waals surface area contributed by atoms with Crippen LogP contribution in [0.4, 0.5) is 0 Å². The number of nitrogens with zero attached hydrogens (tertiary/aromatic N) is 1. The van der Waals surface area contributed by atoms with Crippen LogP contribution in [0.2, 0.25) is 0 Å². The van der Waals surface area contributed by atoms with E-state index in [-0.39, 0.29) is 16.9 Å². The van der Waals surface area contributed by atoms with Crippen LogP contribution < -0.4 is 0 Å². The fraction of sp³-hybridized carbons (Fsp3) is 0.909. The molecule has 4 aliphatic carbocycles. The van der Waals surface area contributed by atoms with Gasteiger partial charge in [0.15, 0.2) is 0 Å². The Morgan fingerprint density at radius 1 is 1.16 bits per heavy atom. The molecule has 138 valence electrons. The van der Waals surface area contributed by atoms with Crippen LogP contribution in [-0.2, 0) is 4.74 Å². The first-order valence-electron chi connectivity index (χ1n) is 10.7. The highest BCUT2D eigenvalue weighted by atomic mass is 16.5. The first-order chi connectivity index (χ1) is 12.0. The van der Waals surface area contributed by atoms with Crippen molar-refractivity contribution in [2.24, 2.45) is 34.0 Å². The Kier molecular flexibility index (Phi) is 2.95. The second-order valence-electron chi connectivity index (χ2n) is 10.6. The Bertz CT molecular complexity index is 634. The van der Waals surface area contributed by atoms with Gasteiger partial charge in [0.1, 0.15) is 6.23 Å². The molecule has 3 nitrogen and oxygen atoms in total. The molecular formula is C22H33NO2. The molecule has 0 aromatic carbocycles. The van der Waals surface area contributed by atoms with Crippen molar-refractivity contribution in [3.05, 3.63) is 12.2 Å². The molecule has 2 saturated heterocycles. The summed E-state index contributed by atoms with van der Waals surface area (Å²) in [6.45, 7) is 10.2. The molecule has 4 saturated carbocycles. The quantitative estimate of drug-likeness (QED) is 0.683. The minimum absolute atomic E-state index is 0.115. The van der Waals surface area contributed by atoms with Crippen molar-refractivity contribution in [2.45, 2.75) is 70.6 Å². The van der Waals surface area contributed by atoms with Crippen LogP contribution in [0.1, 0.15) is 58.3 Å². The van der Waals surface area contributed by atoms with E-state index in [1.807, 2.05) is 0 Å². The van der Waals surface area contributed by atoms with Crippen LogP contribution in [-0.4, -0.2) is 42.0 Å². The lowest BCUT2D eigenvalue weighted by atomic mass is 9.38. The molecule has 6 fully saturated rings. The number of hydrogen-bond donors (Lipinski definition) is 1. The maximum Gasteiger partial charge on any atom is 0.117 e. The largest absolute Gasteiger partial charge is 0.388 e. The van der Waals surface area contributed by atoms with E-state index in [0.717, 1.165) is 24.6 Å². The van der Waals surface area contributed by atoms with E-state index in [4.69, 9.17) is 4.74 Å². The maximum absolute atomic E-state index is 11.3. The molecule has 25 heavy (non-hydrogen) atoms. The third-order valence-electron chi connectivity index (χ3n) is 9.95. The number of hydrogen-bond acceptors (Lipinski definition) is 3. The summed E-state index contributed by atoms with van der Waals surface area (Å²) in [4.78, 5) is 2.69. The standard InChI is InChI=1S/C22H33NO2/c1-14-15-4-5-17-21(12-15,18(14)24)9-6-16-20(2)7-3-8-22(16,17)19-23(13-20)10-11-25-19/h15-19,24H,1,3-13H2,2H3/t15-,16-,17-,18-,19+,20-,21-,22+/m1/s1. The average Bonchev–Trinajstić information content (AvgIpc) is 3.12. The molecule has 0 unspecified atom stereocenters. The smallest absolute Gasteiger partial charge is 0.117 e. The Hall–Kier alpha value is -0.380. The minimum atomic E-state index is -0.259. The van der Waals surface area contributed by atoms with Gasteiger partial charge in [-0.25, -0.2) is 0 Å². The van der Waals surface area contributed by atoms with Gasteiger partial charge in [0, 0.05) is 23.9 Å². The number of rotatable bonds is 0. The van der Waals surface area contributed by atoms with E-state index in [1.165, 1.54) is 57.9 Å². The number of fused-ring (bicyclic) bond motifs is 2. The fourth-order valence-electron chi connectivity index (χ4n) is 9.31. The molecule has 6 rings (SSSR count). The predicted octanol–water partition coefficient (Wildman–Crippen LogP) is 3.58. The lowest BCUT2D eigenvalue weighted by molar-refractivity contribution is -0.276. The van der Waals surface area contributed by atoms with Crippen molar-refractivity contribution in [2.75, 3.05) is 19.7 Å². The number of aliphatic hydroxyl groups is 1. The van der Waals surface area contributed by atoms with Gasteiger partial charge in [-0.2, -0.15) is 0 Å². The topological polar surface area (TPSA) is 32.7 Å². The summed E-state index contributed by atoms with van der Waals surface area (Å²) in [5.41, 5.74) is 2.03. The maximum atomic E-state index is 11.3. The van der Waals surface area contributed by atoms with Gasteiger partial charge in [0.05, 0.1) is 12.7 Å². The SMILES string of the molecule is C=C1[C@@H]2CC[C@@H]3[C@@](CC[C@@H]4[C@]5(C)CCC[C@]43[C@@H]3OCCN3C5)(C2)[C@@H]1O. The van der Waals surface area contributed by atoms with Crippen molar-refractivity contribution in [1.29, 1.82) is 0 Å². The van der Waals surface area contributed by atoms with Crippen LogP contribution >= 0.6 is 0 Å². The van der Waals surface area contributed by atoms with Crippen molar-refractivity contribution in [3.8, 4) is 0 Å². The summed E-state index contributed by atoms with van der Waals surface area (Å²) >= 11 is 0. The van der Waals surface area contributed by atoms with Crippen molar-refractivity contribution in [3.63, 3.8) is 0 Å². The normalized spacial score (nSPS) is 60.1. The van der Waals surface area contributed by atoms with E-state index in [1.54, 1.807) is 0 Å². The van der Waals surface area contributed by atoms with Crippen molar-refractivity contribution >= 4 is 0 Å². The Labute approximate surface area is 151 Å². The summed E-state index contributed by atoms with van der Waals surface area (Å²) in [6.07, 6.45) is 10.4. The van der Waals surface area contributed by atoms with E-state index < -0.39 is 0 Å². The molecular weight excluding hydrogens is 310 g/mol. The van der Waals surface area contributed by atoms with E-state index in [9.17, 15) is 5.11 Å². The highest BCUT2D eigenvalue weighted by Crippen LogP contribution is 2.75. The average molecular weight is 344 g/mol. The number of ether oxygens (including phenoxy) is 1. The van der Waals surface area contributed by atoms with E-state index in [2.05, 4.69) is 18.4 Å². The van der Waals surface area contributed by atoms with Crippen LogP contribution in [0.5, 0.6) is 0 Å². The van der Waals surface area contributed by atoms with Crippen LogP contribution in [0, 0.1) is 34.0 Å². The van der Waals surface area contributed by atoms with Crippen LogP contribution in [0.3, 0.4) is 0 Å². The second-order valence-corrected chi connectivity index (χ2v) is 10.6. The van der Waals surface area contributed by atoms with Gasteiger partial charge >= 0.3 is 0 Å². The zero-order valence-electron chi connectivity index (χ0n) is 15.7. The Morgan fingerprint density at radius 3 is 2.92 bits per heavy atom. The number of aliphatic hydroxyl groups excluding tert-OH is 1. The van der Waals surface area contributed by atoms with Gasteiger partial charge in [-0.15, -0.1) is 0 Å². The molecule has 2 heterocycles. The van der Waals surface area contributed by atoms with Gasteiger partial charge < -0.3 is 9.84 Å². The Balaban J connectivity index is 1.53. The Morgan fingerprint density at radius 2 is 2.04 bits per heavy atom. The predicted molar refractivity (Wildman–Crippen MR) is 96.8 cm³/mol. The molecule has 0 aromatic heterocycles. The molecule has 3 heteroatoms. The van der Waals surface area contributed by atoms with Crippen LogP contribution in [0.15, 0.2) is 12.2 Å². The van der Waals surface area contributed by atoms with E-state index >= 15 is 0 Å². The summed E-state index contributed by atoms with van der Waals surface area (Å²) < 4.78 is 6.48. The van der Waals surface area contributed by atoms with Gasteiger partial charge in [0.25, 0.3) is 0 Å². The van der Waals surface area contributed by atoms with E-state index in [0.29, 0.717) is 23.5 Å². The molecule has 1 N–H and O–H groups in total. The molecule has 0 aromatic rings. The van der Waals surface area contributed by atoms with Gasteiger partial charge in [-0.1, -0.05) is 19.9 Å². The molecule has 1 spiro atoms. The highest BCUT2D eigenvalue weighted by molar-refractivity contribution is 5.29. The highest BCUT2D eigenvalue weighted by Gasteiger charge is 2.73. The van der Waals surface area contributed by atoms with Crippen LogP contribution in [0.25, 0.3) is 0 Å². The monoisotopic (exact) mass is 343 g/mol. The molecule has 6 aliphatic rings. The minimum Gasteiger partial charge on any atom is -0.388 e. The number of piperidine rings is 1. The summed E-state index contributed by atoms with van der Waals surface area (Å²) in [6, 6.07) is 0. The lowest BCUT2D eigenvalue weighted by Gasteiger charge is -2.70. The molecule has 8 atom stereocenters. The first kappa shape index (κ1) is 15.7. The molecule has 0 amide bonds. The summed E-state index contributed by atoms with van der Waals surface area (Å²) in [5.74, 6) is 2.01. The summed E-state index contributed by atoms with van der Waals surface area (Å²) in [5, 5.41) is 11.3. The first-order valence-corrected chi connectivity index (χ1v) is 10.7. The lowest BCUT2D eigenvalue weighted by Crippen LogP contribution is -2.71. The summed E-state index contributed by atoms with van der Waals surface area (Å²) in [7, 11) is 0. The molecule has 4 bridgehead atoms. The molecule has 2 aliphatic heterocycles. The molecule has 0 radical (unpaired) electrons. The van der Waals surface area contributed by atoms with Gasteiger partial charge in [0.2, 0.25) is 0 Å². The fourth-order valence-corrected chi connectivity index (χ4v) is 9.31. The second kappa shape index (κ2) is 4.72. The van der Waals surface area contributed by atoms with Gasteiger partial charge in [-0.05, 0) is 73.7 Å². The third-order valence-corrected chi connectivity index (χ3v) is 9.95. The van der Waals surface area contributed by atoms with Gasteiger partial charge in [-0.3, -0.25) is 4.90 Å². The van der Waals surface area contributed by atoms with Crippen molar-refractivity contribution < 1.29 is 9.84 Å². The zero-order chi connectivity index (χ0) is 17.0. The third kappa shape index (κ3) is 1.62.